The highest BCUT2D eigenvalue weighted by atomic mass is 15.2. The zero-order valence-electron chi connectivity index (χ0n) is 11.2. The third-order valence-corrected chi connectivity index (χ3v) is 4.28. The summed E-state index contributed by atoms with van der Waals surface area (Å²) in [6, 6.07) is 6.92. The van der Waals surface area contributed by atoms with Crippen LogP contribution in [0.15, 0.2) is 18.2 Å². The summed E-state index contributed by atoms with van der Waals surface area (Å²) in [5.41, 5.74) is 7.25. The molecule has 1 aromatic carbocycles. The number of hydrogen-bond acceptors (Lipinski definition) is 2. The van der Waals surface area contributed by atoms with Gasteiger partial charge in [0.05, 0.1) is 0 Å². The lowest BCUT2D eigenvalue weighted by Gasteiger charge is -2.24. The van der Waals surface area contributed by atoms with Gasteiger partial charge in [0.1, 0.15) is 0 Å². The van der Waals surface area contributed by atoms with Crippen molar-refractivity contribution in [3.05, 3.63) is 34.9 Å². The Labute approximate surface area is 105 Å². The predicted octanol–water partition coefficient (Wildman–Crippen LogP) is 2.72. The average molecular weight is 232 g/mol. The van der Waals surface area contributed by atoms with Gasteiger partial charge in [-0.3, -0.25) is 11.3 Å². The van der Waals surface area contributed by atoms with Crippen LogP contribution in [0.5, 0.6) is 0 Å². The minimum Gasteiger partial charge on any atom is -0.271 e. The number of nitrogens with one attached hydrogen (secondary N) is 1. The van der Waals surface area contributed by atoms with E-state index >= 15 is 0 Å². The van der Waals surface area contributed by atoms with Crippen LogP contribution in [0.25, 0.3) is 0 Å². The fourth-order valence-electron chi connectivity index (χ4n) is 2.74. The van der Waals surface area contributed by atoms with Gasteiger partial charge in [-0.2, -0.15) is 0 Å². The summed E-state index contributed by atoms with van der Waals surface area (Å²) in [4.78, 5) is 0. The molecule has 0 radical (unpaired) electrons. The first kappa shape index (κ1) is 12.6. The van der Waals surface area contributed by atoms with Crippen LogP contribution in [0.3, 0.4) is 0 Å². The van der Waals surface area contributed by atoms with Crippen molar-refractivity contribution < 1.29 is 0 Å². The number of benzene rings is 1. The van der Waals surface area contributed by atoms with Gasteiger partial charge in [-0.25, -0.2) is 0 Å². The second-order valence-electron chi connectivity index (χ2n) is 5.54. The number of nitrogens with two attached hydrogens (primary N) is 1. The Balaban J connectivity index is 2.12. The van der Waals surface area contributed by atoms with Crippen LogP contribution in [0.2, 0.25) is 0 Å². The molecule has 2 atom stereocenters. The Morgan fingerprint density at radius 2 is 1.88 bits per heavy atom. The van der Waals surface area contributed by atoms with Crippen molar-refractivity contribution in [3.63, 3.8) is 0 Å². The summed E-state index contributed by atoms with van der Waals surface area (Å²) in [5, 5.41) is 0. The van der Waals surface area contributed by atoms with E-state index in [0.29, 0.717) is 12.0 Å². The van der Waals surface area contributed by atoms with Crippen molar-refractivity contribution in [3.8, 4) is 0 Å². The number of hydrazine groups is 1. The predicted molar refractivity (Wildman–Crippen MR) is 72.6 cm³/mol. The maximum Gasteiger partial charge on any atom is 0.0279 e. The minimum atomic E-state index is 0.405. The molecule has 3 N–H and O–H groups in total. The van der Waals surface area contributed by atoms with Gasteiger partial charge in [0.15, 0.2) is 0 Å². The van der Waals surface area contributed by atoms with E-state index in [1.54, 1.807) is 0 Å². The molecular weight excluding hydrogens is 208 g/mol. The van der Waals surface area contributed by atoms with E-state index in [9.17, 15) is 0 Å². The summed E-state index contributed by atoms with van der Waals surface area (Å²) in [5.74, 6) is 7.31. The highest BCUT2D eigenvalue weighted by Gasteiger charge is 2.33. The van der Waals surface area contributed by atoms with Crippen molar-refractivity contribution in [2.45, 2.75) is 46.1 Å². The molecule has 2 rings (SSSR count). The number of rotatable bonds is 5. The first-order chi connectivity index (χ1) is 8.13. The molecule has 2 unspecified atom stereocenters. The SMILES string of the molecule is Cc1cccc(C)c1CC(NN)C(C)C1CC1. The maximum atomic E-state index is 5.74. The Morgan fingerprint density at radius 3 is 2.35 bits per heavy atom. The largest absolute Gasteiger partial charge is 0.271 e. The van der Waals surface area contributed by atoms with Gasteiger partial charge in [0, 0.05) is 6.04 Å². The van der Waals surface area contributed by atoms with Crippen LogP contribution < -0.4 is 11.3 Å². The van der Waals surface area contributed by atoms with Gasteiger partial charge < -0.3 is 0 Å². The molecule has 0 aromatic heterocycles. The van der Waals surface area contributed by atoms with E-state index in [-0.39, 0.29) is 0 Å². The molecule has 1 aliphatic rings. The standard InChI is InChI=1S/C15H24N2/c1-10-5-4-6-11(2)14(10)9-15(17-16)12(3)13-7-8-13/h4-6,12-13,15,17H,7-9,16H2,1-3H3. The van der Waals surface area contributed by atoms with Crippen LogP contribution in [-0.4, -0.2) is 6.04 Å². The molecular formula is C15H24N2. The Kier molecular flexibility index (Phi) is 3.85. The lowest BCUT2D eigenvalue weighted by molar-refractivity contribution is 0.343. The minimum absolute atomic E-state index is 0.405. The number of aryl methyl sites for hydroxylation is 2. The van der Waals surface area contributed by atoms with E-state index in [4.69, 9.17) is 5.84 Å². The van der Waals surface area contributed by atoms with Crippen LogP contribution in [0, 0.1) is 25.7 Å². The average Bonchev–Trinajstić information content (AvgIpc) is 3.12. The van der Waals surface area contributed by atoms with Gasteiger partial charge in [-0.1, -0.05) is 25.1 Å². The van der Waals surface area contributed by atoms with Gasteiger partial charge in [0.25, 0.3) is 0 Å². The van der Waals surface area contributed by atoms with Crippen molar-refractivity contribution in [2.24, 2.45) is 17.7 Å². The molecule has 0 spiro atoms. The van der Waals surface area contributed by atoms with E-state index in [1.165, 1.54) is 29.5 Å². The first-order valence-corrected chi connectivity index (χ1v) is 6.64. The molecule has 94 valence electrons. The molecule has 1 aromatic rings. The van der Waals surface area contributed by atoms with Gasteiger partial charge in [-0.15, -0.1) is 0 Å². The fraction of sp³-hybridized carbons (Fsp3) is 0.600. The molecule has 17 heavy (non-hydrogen) atoms. The Hall–Kier alpha value is -0.860. The highest BCUT2D eigenvalue weighted by Crippen LogP contribution is 2.38. The molecule has 0 bridgehead atoms. The van der Waals surface area contributed by atoms with Crippen molar-refractivity contribution in [1.82, 2.24) is 5.43 Å². The number of hydrogen-bond donors (Lipinski definition) is 2. The van der Waals surface area contributed by atoms with Crippen LogP contribution in [0.1, 0.15) is 36.5 Å². The third kappa shape index (κ3) is 2.88. The molecule has 0 heterocycles. The molecule has 0 amide bonds. The monoisotopic (exact) mass is 232 g/mol. The Morgan fingerprint density at radius 1 is 1.29 bits per heavy atom. The Bertz CT molecular complexity index is 362. The van der Waals surface area contributed by atoms with Crippen LogP contribution in [0.4, 0.5) is 0 Å². The molecule has 2 nitrogen and oxygen atoms in total. The topological polar surface area (TPSA) is 38.0 Å². The second kappa shape index (κ2) is 5.19. The maximum absolute atomic E-state index is 5.74. The quantitative estimate of drug-likeness (QED) is 0.605. The fourth-order valence-corrected chi connectivity index (χ4v) is 2.74. The van der Waals surface area contributed by atoms with Crippen LogP contribution >= 0.6 is 0 Å². The van der Waals surface area contributed by atoms with E-state index in [0.717, 1.165) is 12.3 Å². The lowest BCUT2D eigenvalue weighted by atomic mass is 9.88. The zero-order chi connectivity index (χ0) is 12.4. The van der Waals surface area contributed by atoms with Gasteiger partial charge >= 0.3 is 0 Å². The molecule has 1 fully saturated rings. The molecule has 0 saturated heterocycles. The van der Waals surface area contributed by atoms with E-state index < -0.39 is 0 Å². The van der Waals surface area contributed by atoms with Crippen molar-refractivity contribution in [1.29, 1.82) is 0 Å². The third-order valence-electron chi connectivity index (χ3n) is 4.28. The molecule has 1 saturated carbocycles. The summed E-state index contributed by atoms with van der Waals surface area (Å²) >= 11 is 0. The van der Waals surface area contributed by atoms with E-state index in [2.05, 4.69) is 44.4 Å². The normalized spacial score (nSPS) is 19.1. The first-order valence-electron chi connectivity index (χ1n) is 6.64. The highest BCUT2D eigenvalue weighted by molar-refractivity contribution is 5.34. The zero-order valence-corrected chi connectivity index (χ0v) is 11.2. The molecule has 0 aliphatic heterocycles. The van der Waals surface area contributed by atoms with Crippen LogP contribution in [-0.2, 0) is 6.42 Å². The summed E-state index contributed by atoms with van der Waals surface area (Å²) in [6.07, 6.45) is 3.81. The molecule has 2 heteroatoms. The summed E-state index contributed by atoms with van der Waals surface area (Å²) < 4.78 is 0. The second-order valence-corrected chi connectivity index (χ2v) is 5.54. The van der Waals surface area contributed by atoms with Gasteiger partial charge in [0.2, 0.25) is 0 Å². The van der Waals surface area contributed by atoms with E-state index in [1.807, 2.05) is 0 Å². The van der Waals surface area contributed by atoms with Crippen molar-refractivity contribution in [2.75, 3.05) is 0 Å². The van der Waals surface area contributed by atoms with Gasteiger partial charge in [-0.05, 0) is 61.6 Å². The summed E-state index contributed by atoms with van der Waals surface area (Å²) in [6.45, 7) is 6.71. The lowest BCUT2D eigenvalue weighted by Crippen LogP contribution is -2.42. The van der Waals surface area contributed by atoms with Crippen molar-refractivity contribution >= 4 is 0 Å². The smallest absolute Gasteiger partial charge is 0.0279 e. The molecule has 1 aliphatic carbocycles. The summed E-state index contributed by atoms with van der Waals surface area (Å²) in [7, 11) is 0.